The third kappa shape index (κ3) is 3.98. The van der Waals surface area contributed by atoms with Crippen molar-refractivity contribution >= 4 is 43.0 Å². The maximum Gasteiger partial charge on any atom is 0.417 e. The first kappa shape index (κ1) is 24.4. The molecule has 0 amide bonds. The summed E-state index contributed by atoms with van der Waals surface area (Å²) >= 11 is 1.46. The number of thiophene rings is 1. The number of nitrogens with zero attached hydrogens (tertiary/aromatic N) is 2. The molecule has 2 aromatic heterocycles. The van der Waals surface area contributed by atoms with Crippen molar-refractivity contribution in [1.29, 1.82) is 0 Å². The third-order valence-corrected chi connectivity index (χ3v) is 7.67. The van der Waals surface area contributed by atoms with Crippen LogP contribution in [-0.2, 0) is 12.4 Å². The van der Waals surface area contributed by atoms with Crippen molar-refractivity contribution in [3.63, 3.8) is 0 Å². The van der Waals surface area contributed by atoms with Gasteiger partial charge in [-0.05, 0) is 59.0 Å². The Morgan fingerprint density at radius 1 is 0.632 bits per heavy atom. The van der Waals surface area contributed by atoms with Crippen molar-refractivity contribution < 1.29 is 26.3 Å². The van der Waals surface area contributed by atoms with Gasteiger partial charge < -0.3 is 0 Å². The van der Waals surface area contributed by atoms with Crippen LogP contribution in [0.2, 0.25) is 0 Å². The fourth-order valence-electron chi connectivity index (χ4n) is 4.85. The van der Waals surface area contributed by atoms with E-state index < -0.39 is 29.0 Å². The summed E-state index contributed by atoms with van der Waals surface area (Å²) in [5, 5.41) is 11.8. The van der Waals surface area contributed by atoms with Gasteiger partial charge in [-0.15, -0.1) is 21.5 Å². The number of alkyl halides is 6. The predicted octanol–water partition coefficient (Wildman–Crippen LogP) is 9.68. The van der Waals surface area contributed by atoms with Crippen LogP contribution in [0.5, 0.6) is 0 Å². The highest BCUT2D eigenvalue weighted by Gasteiger charge is 2.46. The number of rotatable bonds is 2. The van der Waals surface area contributed by atoms with E-state index in [9.17, 15) is 26.3 Å². The zero-order valence-electron chi connectivity index (χ0n) is 19.6. The van der Waals surface area contributed by atoms with Crippen LogP contribution in [0.3, 0.4) is 0 Å². The third-order valence-electron chi connectivity index (χ3n) is 6.54. The lowest BCUT2D eigenvalue weighted by Crippen LogP contribution is -2.19. The second-order valence-corrected chi connectivity index (χ2v) is 10.0. The second kappa shape index (κ2) is 8.52. The summed E-state index contributed by atoms with van der Waals surface area (Å²) in [7, 11) is 0. The topological polar surface area (TPSA) is 25.8 Å². The summed E-state index contributed by atoms with van der Waals surface area (Å²) in [5.41, 5.74) is -3.91. The molecule has 0 N–H and O–H groups in total. The Labute approximate surface area is 216 Å². The average molecular weight is 539 g/mol. The molecule has 0 atom stereocenters. The van der Waals surface area contributed by atoms with Crippen molar-refractivity contribution in [2.24, 2.45) is 0 Å². The molecule has 0 radical (unpaired) electrons. The molecule has 0 aliphatic carbocycles. The van der Waals surface area contributed by atoms with Crippen molar-refractivity contribution in [3.05, 3.63) is 95.6 Å². The highest BCUT2D eigenvalue weighted by Crippen LogP contribution is 2.48. The lowest BCUT2D eigenvalue weighted by Gasteiger charge is -2.21. The fourth-order valence-corrected chi connectivity index (χ4v) is 5.91. The summed E-state index contributed by atoms with van der Waals surface area (Å²) < 4.78 is 85.2. The van der Waals surface area contributed by atoms with E-state index in [1.807, 2.05) is 42.5 Å². The van der Waals surface area contributed by atoms with Crippen molar-refractivity contribution in [2.45, 2.75) is 19.3 Å². The minimum atomic E-state index is -5.28. The van der Waals surface area contributed by atoms with Crippen LogP contribution < -0.4 is 0 Å². The molecule has 0 saturated carbocycles. The first-order valence-electron chi connectivity index (χ1n) is 11.5. The predicted molar refractivity (Wildman–Crippen MR) is 138 cm³/mol. The number of aromatic nitrogens is 2. The molecule has 9 heteroatoms. The zero-order chi connectivity index (χ0) is 26.8. The molecule has 2 heterocycles. The van der Waals surface area contributed by atoms with Gasteiger partial charge in [0.15, 0.2) is 0 Å². The van der Waals surface area contributed by atoms with E-state index in [0.29, 0.717) is 22.5 Å². The normalized spacial score (nSPS) is 12.6. The molecule has 2 nitrogen and oxygen atoms in total. The van der Waals surface area contributed by atoms with Crippen LogP contribution in [0, 0.1) is 6.92 Å². The monoisotopic (exact) mass is 538 g/mol. The van der Waals surface area contributed by atoms with Crippen molar-refractivity contribution in [3.8, 4) is 21.8 Å². The number of aryl methyl sites for hydroxylation is 1. The van der Waals surface area contributed by atoms with E-state index in [1.54, 1.807) is 24.3 Å². The minimum Gasteiger partial charge on any atom is -0.166 e. The van der Waals surface area contributed by atoms with E-state index in [0.717, 1.165) is 31.8 Å². The first-order chi connectivity index (χ1) is 18.0. The van der Waals surface area contributed by atoms with E-state index in [4.69, 9.17) is 0 Å². The summed E-state index contributed by atoms with van der Waals surface area (Å²) in [6.45, 7) is 1.35. The zero-order valence-corrected chi connectivity index (χ0v) is 20.4. The lowest BCUT2D eigenvalue weighted by atomic mass is 9.90. The van der Waals surface area contributed by atoms with Gasteiger partial charge in [0.25, 0.3) is 0 Å². The lowest BCUT2D eigenvalue weighted by molar-refractivity contribution is -0.161. The number of hydrogen-bond donors (Lipinski definition) is 0. The van der Waals surface area contributed by atoms with Crippen molar-refractivity contribution in [2.75, 3.05) is 0 Å². The Balaban J connectivity index is 1.74. The molecule has 0 aliphatic rings. The van der Waals surface area contributed by atoms with Gasteiger partial charge in [0.1, 0.15) is 11.4 Å². The summed E-state index contributed by atoms with van der Waals surface area (Å²) in [5.74, 6) is 0. The van der Waals surface area contributed by atoms with E-state index in [2.05, 4.69) is 10.2 Å². The molecule has 38 heavy (non-hydrogen) atoms. The van der Waals surface area contributed by atoms with E-state index in [1.165, 1.54) is 18.3 Å². The quantitative estimate of drug-likeness (QED) is 0.162. The smallest absolute Gasteiger partial charge is 0.166 e. The van der Waals surface area contributed by atoms with Gasteiger partial charge in [0.2, 0.25) is 0 Å². The Kier molecular flexibility index (Phi) is 5.47. The van der Waals surface area contributed by atoms with Crippen LogP contribution >= 0.6 is 11.3 Å². The average Bonchev–Trinajstić information content (AvgIpc) is 3.29. The van der Waals surface area contributed by atoms with Gasteiger partial charge in [0, 0.05) is 21.0 Å². The highest BCUT2D eigenvalue weighted by molar-refractivity contribution is 7.22. The molecule has 0 bridgehead atoms. The molecule has 0 fully saturated rings. The second-order valence-electron chi connectivity index (χ2n) is 8.97. The molecule has 0 spiro atoms. The summed E-state index contributed by atoms with van der Waals surface area (Å²) in [6.07, 6.45) is -10.5. The number of benzene rings is 4. The van der Waals surface area contributed by atoms with Crippen LogP contribution in [-0.4, -0.2) is 10.2 Å². The molecule has 0 unspecified atom stereocenters. The molecular formula is C29H16F6N2S. The van der Waals surface area contributed by atoms with Crippen LogP contribution in [0.15, 0.2) is 78.9 Å². The van der Waals surface area contributed by atoms with E-state index >= 15 is 0 Å². The number of hydrogen-bond acceptors (Lipinski definition) is 3. The SMILES string of the molecule is Cc1ccc(C(F)(F)F)c(C(F)(F)F)c1-c1nnc(-c2cc3ccccc3s2)c2cc3ccccc3cc12. The maximum atomic E-state index is 14.3. The molecule has 6 rings (SSSR count). The number of halogens is 6. The fraction of sp³-hybridized carbons (Fsp3) is 0.103. The highest BCUT2D eigenvalue weighted by atomic mass is 32.1. The molecule has 0 aliphatic heterocycles. The Morgan fingerprint density at radius 2 is 1.21 bits per heavy atom. The van der Waals surface area contributed by atoms with Crippen LogP contribution in [0.1, 0.15) is 16.7 Å². The van der Waals surface area contributed by atoms with Gasteiger partial charge in [-0.1, -0.05) is 48.5 Å². The van der Waals surface area contributed by atoms with Gasteiger partial charge >= 0.3 is 12.4 Å². The van der Waals surface area contributed by atoms with Crippen molar-refractivity contribution in [1.82, 2.24) is 10.2 Å². The maximum absolute atomic E-state index is 14.3. The molecular weight excluding hydrogens is 522 g/mol. The first-order valence-corrected chi connectivity index (χ1v) is 12.3. The molecule has 0 saturated heterocycles. The molecule has 6 aromatic rings. The Hall–Kier alpha value is -3.98. The summed E-state index contributed by atoms with van der Waals surface area (Å²) in [6, 6.07) is 21.9. The standard InChI is InChI=1S/C29H16F6N2S/c1-15-10-11-21(28(30,31)32)25(29(33,34)35)24(15)27-20-13-17-7-3-2-6-16(17)12-19(20)26(36-37-27)23-14-18-8-4-5-9-22(18)38-23/h2-14H,1H3. The molecule has 4 aromatic carbocycles. The Bertz CT molecular complexity index is 1830. The molecule has 190 valence electrons. The largest absolute Gasteiger partial charge is 0.417 e. The van der Waals surface area contributed by atoms with E-state index in [-0.39, 0.29) is 11.3 Å². The van der Waals surface area contributed by atoms with Gasteiger partial charge in [-0.3, -0.25) is 0 Å². The van der Waals surface area contributed by atoms with Gasteiger partial charge in [-0.25, -0.2) is 0 Å². The van der Waals surface area contributed by atoms with Crippen LogP contribution in [0.25, 0.3) is 53.5 Å². The van der Waals surface area contributed by atoms with Gasteiger partial charge in [-0.2, -0.15) is 26.3 Å². The number of fused-ring (bicyclic) bond motifs is 3. The van der Waals surface area contributed by atoms with Crippen LogP contribution in [0.4, 0.5) is 26.3 Å². The Morgan fingerprint density at radius 3 is 1.82 bits per heavy atom. The summed E-state index contributed by atoms with van der Waals surface area (Å²) in [4.78, 5) is 0.752. The minimum absolute atomic E-state index is 0.0173. The van der Waals surface area contributed by atoms with Gasteiger partial charge in [0.05, 0.1) is 16.0 Å².